The van der Waals surface area contributed by atoms with Crippen molar-refractivity contribution >= 4 is 5.84 Å². The van der Waals surface area contributed by atoms with E-state index in [0.717, 1.165) is 0 Å². The highest BCUT2D eigenvalue weighted by molar-refractivity contribution is 5.84. The fraction of sp³-hybridized carbons (Fsp3) is 0.875. The summed E-state index contributed by atoms with van der Waals surface area (Å²) in [5.74, 6) is 0.105. The highest BCUT2D eigenvalue weighted by atomic mass is 16.4. The molecule has 13 heavy (non-hydrogen) atoms. The molecule has 0 aromatic rings. The molecule has 0 aromatic carbocycles. The zero-order valence-electron chi connectivity index (χ0n) is 8.57. The summed E-state index contributed by atoms with van der Waals surface area (Å²) in [6, 6.07) is -0.269. The first-order chi connectivity index (χ1) is 5.81. The van der Waals surface area contributed by atoms with Crippen molar-refractivity contribution in [2.75, 3.05) is 0 Å². The summed E-state index contributed by atoms with van der Waals surface area (Å²) in [4.78, 5) is 0. The number of hydrogen-bond acceptors (Lipinski definition) is 4. The molecule has 0 aliphatic rings. The summed E-state index contributed by atoms with van der Waals surface area (Å²) in [6.07, 6.45) is -0.513. The number of aliphatic hydroxyl groups excluding tert-OH is 1. The van der Waals surface area contributed by atoms with Crippen LogP contribution in [0.2, 0.25) is 0 Å². The Labute approximate surface area is 78.6 Å². The maximum absolute atomic E-state index is 9.38. The molecule has 0 spiro atoms. The van der Waals surface area contributed by atoms with Gasteiger partial charge in [-0.05, 0) is 27.7 Å². The largest absolute Gasteiger partial charge is 0.409 e. The number of nitrogens with two attached hydrogens (primary N) is 1. The lowest BCUT2D eigenvalue weighted by atomic mass is 9.97. The van der Waals surface area contributed by atoms with Crippen molar-refractivity contribution in [1.29, 1.82) is 0 Å². The Morgan fingerprint density at radius 1 is 1.46 bits per heavy atom. The summed E-state index contributed by atoms with van der Waals surface area (Å²) >= 11 is 0. The molecule has 0 heterocycles. The van der Waals surface area contributed by atoms with E-state index in [0.29, 0.717) is 0 Å². The predicted molar refractivity (Wildman–Crippen MR) is 51.8 cm³/mol. The zero-order valence-corrected chi connectivity index (χ0v) is 8.57. The van der Waals surface area contributed by atoms with Crippen LogP contribution in [-0.4, -0.2) is 33.8 Å². The van der Waals surface area contributed by atoms with Crippen LogP contribution >= 0.6 is 0 Å². The molecule has 0 radical (unpaired) electrons. The van der Waals surface area contributed by atoms with E-state index < -0.39 is 11.6 Å². The molecule has 0 bridgehead atoms. The third-order valence-corrected chi connectivity index (χ3v) is 2.19. The third kappa shape index (κ3) is 3.61. The van der Waals surface area contributed by atoms with Crippen LogP contribution < -0.4 is 11.1 Å². The Morgan fingerprint density at radius 2 is 1.92 bits per heavy atom. The zero-order chi connectivity index (χ0) is 10.6. The fourth-order valence-corrected chi connectivity index (χ4v) is 0.839. The monoisotopic (exact) mass is 189 g/mol. The molecule has 2 unspecified atom stereocenters. The van der Waals surface area contributed by atoms with Crippen LogP contribution in [0, 0.1) is 0 Å². The number of oxime groups is 1. The van der Waals surface area contributed by atoms with Crippen LogP contribution in [0.25, 0.3) is 0 Å². The van der Waals surface area contributed by atoms with Crippen LogP contribution in [0.3, 0.4) is 0 Å². The van der Waals surface area contributed by atoms with E-state index in [4.69, 9.17) is 10.9 Å². The second-order valence-electron chi connectivity index (χ2n) is 3.79. The van der Waals surface area contributed by atoms with E-state index in [2.05, 4.69) is 10.5 Å². The lowest BCUT2D eigenvalue weighted by Crippen LogP contribution is -2.55. The maximum Gasteiger partial charge on any atom is 0.156 e. The highest BCUT2D eigenvalue weighted by Gasteiger charge is 2.26. The van der Waals surface area contributed by atoms with Crippen LogP contribution in [0.1, 0.15) is 27.7 Å². The molecule has 0 rings (SSSR count). The SMILES string of the molecule is CC(NC(C)(C)C(C)O)C(N)=NO. The molecule has 0 aliphatic carbocycles. The van der Waals surface area contributed by atoms with Gasteiger partial charge in [0.2, 0.25) is 0 Å². The standard InChI is InChI=1S/C8H19N3O2/c1-5(7(9)11-13)10-8(3,4)6(2)12/h5-6,10,12-13H,1-4H3,(H2,9,11). The van der Waals surface area contributed by atoms with Gasteiger partial charge in [-0.25, -0.2) is 0 Å². The van der Waals surface area contributed by atoms with E-state index in [1.807, 2.05) is 13.8 Å². The van der Waals surface area contributed by atoms with E-state index in [1.54, 1.807) is 13.8 Å². The van der Waals surface area contributed by atoms with Crippen molar-refractivity contribution in [3.05, 3.63) is 0 Å². The molecule has 0 fully saturated rings. The highest BCUT2D eigenvalue weighted by Crippen LogP contribution is 2.09. The maximum atomic E-state index is 9.38. The van der Waals surface area contributed by atoms with Crippen molar-refractivity contribution in [1.82, 2.24) is 5.32 Å². The minimum Gasteiger partial charge on any atom is -0.409 e. The number of nitrogens with zero attached hydrogens (tertiary/aromatic N) is 1. The first-order valence-electron chi connectivity index (χ1n) is 4.24. The molecule has 0 saturated carbocycles. The average Bonchev–Trinajstić information content (AvgIpc) is 2.01. The van der Waals surface area contributed by atoms with Crippen LogP contribution in [0.5, 0.6) is 0 Å². The van der Waals surface area contributed by atoms with Gasteiger partial charge in [0.05, 0.1) is 12.1 Å². The van der Waals surface area contributed by atoms with Gasteiger partial charge in [-0.2, -0.15) is 0 Å². The minimum absolute atomic E-state index is 0.105. The van der Waals surface area contributed by atoms with E-state index in [1.165, 1.54) is 0 Å². The Hall–Kier alpha value is -0.810. The van der Waals surface area contributed by atoms with Crippen molar-refractivity contribution in [3.8, 4) is 0 Å². The second-order valence-corrected chi connectivity index (χ2v) is 3.79. The number of aliphatic hydroxyl groups is 1. The van der Waals surface area contributed by atoms with Gasteiger partial charge < -0.3 is 16.0 Å². The Kier molecular flexibility index (Phi) is 4.16. The lowest BCUT2D eigenvalue weighted by Gasteiger charge is -2.32. The summed E-state index contributed by atoms with van der Waals surface area (Å²) in [7, 11) is 0. The summed E-state index contributed by atoms with van der Waals surface area (Å²) in [6.45, 7) is 7.14. The smallest absolute Gasteiger partial charge is 0.156 e. The second kappa shape index (κ2) is 4.43. The topological polar surface area (TPSA) is 90.9 Å². The first-order valence-corrected chi connectivity index (χ1v) is 4.24. The molecule has 2 atom stereocenters. The predicted octanol–water partition coefficient (Wildman–Crippen LogP) is -0.130. The Balaban J connectivity index is 4.28. The van der Waals surface area contributed by atoms with Gasteiger partial charge in [0.25, 0.3) is 0 Å². The van der Waals surface area contributed by atoms with Crippen molar-refractivity contribution < 1.29 is 10.3 Å². The van der Waals surface area contributed by atoms with Gasteiger partial charge in [-0.1, -0.05) is 5.16 Å². The lowest BCUT2D eigenvalue weighted by molar-refractivity contribution is 0.0942. The van der Waals surface area contributed by atoms with Gasteiger partial charge in [-0.3, -0.25) is 5.32 Å². The molecule has 5 heteroatoms. The molecule has 0 saturated heterocycles. The summed E-state index contributed by atoms with van der Waals surface area (Å²) < 4.78 is 0. The van der Waals surface area contributed by atoms with Crippen LogP contribution in [-0.2, 0) is 0 Å². The molecule has 0 aliphatic heterocycles. The van der Waals surface area contributed by atoms with Crippen molar-refractivity contribution in [2.45, 2.75) is 45.4 Å². The van der Waals surface area contributed by atoms with Gasteiger partial charge >= 0.3 is 0 Å². The van der Waals surface area contributed by atoms with Gasteiger partial charge in [0, 0.05) is 5.54 Å². The molecular formula is C8H19N3O2. The Morgan fingerprint density at radius 3 is 2.23 bits per heavy atom. The number of rotatable bonds is 4. The molecular weight excluding hydrogens is 170 g/mol. The van der Waals surface area contributed by atoms with Crippen LogP contribution in [0.4, 0.5) is 0 Å². The molecule has 0 aromatic heterocycles. The number of nitrogens with one attached hydrogen (secondary N) is 1. The summed E-state index contributed by atoms with van der Waals surface area (Å²) in [5, 5.41) is 23.7. The Bertz CT molecular complexity index is 190. The van der Waals surface area contributed by atoms with Crippen molar-refractivity contribution in [2.24, 2.45) is 10.9 Å². The van der Waals surface area contributed by atoms with E-state index >= 15 is 0 Å². The van der Waals surface area contributed by atoms with Crippen molar-refractivity contribution in [3.63, 3.8) is 0 Å². The third-order valence-electron chi connectivity index (χ3n) is 2.19. The molecule has 0 amide bonds. The average molecular weight is 189 g/mol. The molecule has 78 valence electrons. The normalized spacial score (nSPS) is 18.4. The van der Waals surface area contributed by atoms with Crippen LogP contribution in [0.15, 0.2) is 5.16 Å². The fourth-order valence-electron chi connectivity index (χ4n) is 0.839. The van der Waals surface area contributed by atoms with Gasteiger partial charge in [-0.15, -0.1) is 0 Å². The molecule has 5 N–H and O–H groups in total. The quantitative estimate of drug-likeness (QED) is 0.214. The number of hydrogen-bond donors (Lipinski definition) is 4. The summed E-state index contributed by atoms with van der Waals surface area (Å²) in [5.41, 5.74) is 4.92. The van der Waals surface area contributed by atoms with E-state index in [9.17, 15) is 5.11 Å². The minimum atomic E-state index is -0.513. The van der Waals surface area contributed by atoms with Gasteiger partial charge in [0.15, 0.2) is 5.84 Å². The number of amidine groups is 1. The molecule has 5 nitrogen and oxygen atoms in total. The first kappa shape index (κ1) is 12.2. The van der Waals surface area contributed by atoms with E-state index in [-0.39, 0.29) is 11.9 Å². The van der Waals surface area contributed by atoms with Gasteiger partial charge in [0.1, 0.15) is 0 Å².